The Labute approximate surface area is 89.5 Å². The summed E-state index contributed by atoms with van der Waals surface area (Å²) in [7, 11) is 0. The number of halogens is 1. The number of hydrogen-bond donors (Lipinski definition) is 1. The number of nitriles is 1. The first-order chi connectivity index (χ1) is 6.77. The van der Waals surface area contributed by atoms with E-state index in [4.69, 9.17) is 16.9 Å². The highest BCUT2D eigenvalue weighted by Gasteiger charge is 1.99. The first-order valence-corrected chi connectivity index (χ1v) is 5.09. The molecule has 0 bridgehead atoms. The van der Waals surface area contributed by atoms with Gasteiger partial charge in [0.1, 0.15) is 6.07 Å². The third-order valence-corrected chi connectivity index (χ3v) is 2.28. The van der Waals surface area contributed by atoms with Gasteiger partial charge in [0.05, 0.1) is 10.6 Å². The first kappa shape index (κ1) is 10.9. The fourth-order valence-electron chi connectivity index (χ4n) is 1.13. The third kappa shape index (κ3) is 2.93. The van der Waals surface area contributed by atoms with Gasteiger partial charge in [0, 0.05) is 12.2 Å². The quantitative estimate of drug-likeness (QED) is 0.770. The van der Waals surface area contributed by atoms with Crippen molar-refractivity contribution in [2.45, 2.75) is 19.8 Å². The monoisotopic (exact) mass is 208 g/mol. The van der Waals surface area contributed by atoms with E-state index in [0.29, 0.717) is 10.6 Å². The van der Waals surface area contributed by atoms with E-state index in [0.717, 1.165) is 25.1 Å². The Kier molecular flexibility index (Phi) is 4.28. The van der Waals surface area contributed by atoms with E-state index in [-0.39, 0.29) is 0 Å². The molecule has 0 heterocycles. The molecule has 1 aromatic rings. The van der Waals surface area contributed by atoms with Gasteiger partial charge in [-0.1, -0.05) is 24.9 Å². The lowest BCUT2D eigenvalue weighted by molar-refractivity contribution is 0.834. The molecule has 14 heavy (non-hydrogen) atoms. The second kappa shape index (κ2) is 5.51. The molecule has 1 rings (SSSR count). The fraction of sp³-hybridized carbons (Fsp3) is 0.364. The van der Waals surface area contributed by atoms with Crippen LogP contribution in [-0.4, -0.2) is 6.54 Å². The highest BCUT2D eigenvalue weighted by Crippen LogP contribution is 2.19. The van der Waals surface area contributed by atoms with Gasteiger partial charge in [-0.25, -0.2) is 0 Å². The maximum Gasteiger partial charge on any atom is 0.101 e. The van der Waals surface area contributed by atoms with Crippen molar-refractivity contribution in [3.8, 4) is 6.07 Å². The number of hydrogen-bond acceptors (Lipinski definition) is 2. The molecule has 74 valence electrons. The molecule has 0 saturated carbocycles. The zero-order chi connectivity index (χ0) is 10.4. The minimum absolute atomic E-state index is 0.508. The third-order valence-electron chi connectivity index (χ3n) is 1.95. The highest BCUT2D eigenvalue weighted by molar-refractivity contribution is 6.31. The van der Waals surface area contributed by atoms with Crippen LogP contribution in [0.4, 0.5) is 5.69 Å². The lowest BCUT2D eigenvalue weighted by Crippen LogP contribution is -2.00. The largest absolute Gasteiger partial charge is 0.385 e. The molecule has 1 aromatic carbocycles. The van der Waals surface area contributed by atoms with Crippen molar-refractivity contribution < 1.29 is 0 Å². The Balaban J connectivity index is 2.66. The standard InChI is InChI=1S/C11H13ClN2/c1-2-3-6-14-10-4-5-11(12)9(7-10)8-13/h4-5,7,14H,2-3,6H2,1H3. The highest BCUT2D eigenvalue weighted by atomic mass is 35.5. The number of unbranched alkanes of at least 4 members (excludes halogenated alkanes) is 1. The van der Waals surface area contributed by atoms with Gasteiger partial charge >= 0.3 is 0 Å². The molecular weight excluding hydrogens is 196 g/mol. The molecule has 0 atom stereocenters. The molecular formula is C11H13ClN2. The predicted molar refractivity (Wildman–Crippen MR) is 59.6 cm³/mol. The summed E-state index contributed by atoms with van der Waals surface area (Å²) in [5, 5.41) is 12.5. The average Bonchev–Trinajstić information content (AvgIpc) is 2.21. The summed E-state index contributed by atoms with van der Waals surface area (Å²) in [6.07, 6.45) is 2.29. The zero-order valence-corrected chi connectivity index (χ0v) is 8.93. The summed E-state index contributed by atoms with van der Waals surface area (Å²) in [6, 6.07) is 7.46. The van der Waals surface area contributed by atoms with Gasteiger partial charge in [-0.2, -0.15) is 5.26 Å². The Bertz CT molecular complexity index is 342. The normalized spacial score (nSPS) is 9.50. The maximum atomic E-state index is 8.75. The second-order valence-corrected chi connectivity index (χ2v) is 3.49. The summed E-state index contributed by atoms with van der Waals surface area (Å²) in [5.74, 6) is 0. The Morgan fingerprint density at radius 3 is 2.93 bits per heavy atom. The van der Waals surface area contributed by atoms with E-state index < -0.39 is 0 Å². The van der Waals surface area contributed by atoms with Crippen molar-refractivity contribution in [2.24, 2.45) is 0 Å². The first-order valence-electron chi connectivity index (χ1n) is 4.71. The molecule has 0 unspecified atom stereocenters. The Hall–Kier alpha value is -1.20. The number of nitrogens with one attached hydrogen (secondary N) is 1. The topological polar surface area (TPSA) is 35.8 Å². The number of nitrogens with zero attached hydrogens (tertiary/aromatic N) is 1. The summed E-state index contributed by atoms with van der Waals surface area (Å²) in [6.45, 7) is 3.08. The summed E-state index contributed by atoms with van der Waals surface area (Å²) >= 11 is 5.81. The summed E-state index contributed by atoms with van der Waals surface area (Å²) < 4.78 is 0. The van der Waals surface area contributed by atoms with Gasteiger partial charge in [0.2, 0.25) is 0 Å². The van der Waals surface area contributed by atoms with Crippen LogP contribution in [0.1, 0.15) is 25.3 Å². The van der Waals surface area contributed by atoms with Crippen LogP contribution in [0.15, 0.2) is 18.2 Å². The number of benzene rings is 1. The molecule has 0 aromatic heterocycles. The minimum Gasteiger partial charge on any atom is -0.385 e. The molecule has 0 aliphatic rings. The molecule has 0 fully saturated rings. The summed E-state index contributed by atoms with van der Waals surface area (Å²) in [5.41, 5.74) is 1.48. The van der Waals surface area contributed by atoms with Crippen LogP contribution in [0, 0.1) is 11.3 Å². The van der Waals surface area contributed by atoms with Crippen molar-refractivity contribution in [3.63, 3.8) is 0 Å². The lowest BCUT2D eigenvalue weighted by atomic mass is 10.2. The smallest absolute Gasteiger partial charge is 0.101 e. The molecule has 0 aliphatic heterocycles. The van der Waals surface area contributed by atoms with Crippen LogP contribution in [0.2, 0.25) is 5.02 Å². The average molecular weight is 209 g/mol. The van der Waals surface area contributed by atoms with E-state index >= 15 is 0 Å². The van der Waals surface area contributed by atoms with E-state index in [2.05, 4.69) is 18.3 Å². The van der Waals surface area contributed by atoms with E-state index in [1.165, 1.54) is 0 Å². The molecule has 2 nitrogen and oxygen atoms in total. The number of rotatable bonds is 4. The van der Waals surface area contributed by atoms with Gasteiger partial charge in [0.15, 0.2) is 0 Å². The maximum absolute atomic E-state index is 8.75. The SMILES string of the molecule is CCCCNc1ccc(Cl)c(C#N)c1. The van der Waals surface area contributed by atoms with Crippen molar-refractivity contribution in [1.82, 2.24) is 0 Å². The lowest BCUT2D eigenvalue weighted by Gasteiger charge is -2.05. The van der Waals surface area contributed by atoms with E-state index in [9.17, 15) is 0 Å². The number of anilines is 1. The van der Waals surface area contributed by atoms with Crippen LogP contribution in [0.5, 0.6) is 0 Å². The zero-order valence-electron chi connectivity index (χ0n) is 8.18. The van der Waals surface area contributed by atoms with Crippen molar-refractivity contribution in [2.75, 3.05) is 11.9 Å². The van der Waals surface area contributed by atoms with Crippen LogP contribution in [0.3, 0.4) is 0 Å². The predicted octanol–water partition coefficient (Wildman–Crippen LogP) is 3.42. The van der Waals surface area contributed by atoms with E-state index in [1.807, 2.05) is 6.07 Å². The Morgan fingerprint density at radius 2 is 2.29 bits per heavy atom. The molecule has 0 radical (unpaired) electrons. The van der Waals surface area contributed by atoms with Crippen LogP contribution < -0.4 is 5.32 Å². The Morgan fingerprint density at radius 1 is 1.50 bits per heavy atom. The van der Waals surface area contributed by atoms with Crippen LogP contribution >= 0.6 is 11.6 Å². The van der Waals surface area contributed by atoms with Gasteiger partial charge < -0.3 is 5.32 Å². The molecule has 0 saturated heterocycles. The molecule has 0 aliphatic carbocycles. The van der Waals surface area contributed by atoms with E-state index in [1.54, 1.807) is 12.1 Å². The van der Waals surface area contributed by atoms with Crippen LogP contribution in [0.25, 0.3) is 0 Å². The van der Waals surface area contributed by atoms with Gasteiger partial charge in [0.25, 0.3) is 0 Å². The van der Waals surface area contributed by atoms with Crippen molar-refractivity contribution in [3.05, 3.63) is 28.8 Å². The van der Waals surface area contributed by atoms with Gasteiger partial charge in [-0.05, 0) is 24.6 Å². The van der Waals surface area contributed by atoms with Crippen molar-refractivity contribution in [1.29, 1.82) is 5.26 Å². The minimum atomic E-state index is 0.508. The van der Waals surface area contributed by atoms with Gasteiger partial charge in [-0.15, -0.1) is 0 Å². The van der Waals surface area contributed by atoms with Gasteiger partial charge in [-0.3, -0.25) is 0 Å². The molecule has 0 spiro atoms. The van der Waals surface area contributed by atoms with Crippen LogP contribution in [-0.2, 0) is 0 Å². The fourth-order valence-corrected chi connectivity index (χ4v) is 1.29. The molecule has 0 amide bonds. The molecule has 3 heteroatoms. The molecule has 1 N–H and O–H groups in total. The summed E-state index contributed by atoms with van der Waals surface area (Å²) in [4.78, 5) is 0. The van der Waals surface area contributed by atoms with Crippen molar-refractivity contribution >= 4 is 17.3 Å². The second-order valence-electron chi connectivity index (χ2n) is 3.09.